The second-order valence-electron chi connectivity index (χ2n) is 4.87. The van der Waals surface area contributed by atoms with Crippen LogP contribution in [0.2, 0.25) is 0 Å². The SMILES string of the molecule is COCc1ccc(C(=O)NCCNc2ccc(C)nn2)cc1. The fourth-order valence-corrected chi connectivity index (χ4v) is 1.88. The molecule has 2 rings (SSSR count). The second kappa shape index (κ2) is 8.09. The third kappa shape index (κ3) is 4.82. The molecule has 0 saturated heterocycles. The standard InChI is InChI=1S/C16H20N4O2/c1-12-3-8-15(20-19-12)17-9-10-18-16(21)14-6-4-13(5-7-14)11-22-2/h3-8H,9-11H2,1-2H3,(H,17,20)(H,18,21). The average Bonchev–Trinajstić information content (AvgIpc) is 2.54. The number of amides is 1. The number of nitrogens with one attached hydrogen (secondary N) is 2. The Kier molecular flexibility index (Phi) is 5.85. The molecule has 0 saturated carbocycles. The monoisotopic (exact) mass is 300 g/mol. The van der Waals surface area contributed by atoms with Crippen molar-refractivity contribution >= 4 is 11.7 Å². The van der Waals surface area contributed by atoms with E-state index in [1.165, 1.54) is 0 Å². The first-order valence-corrected chi connectivity index (χ1v) is 7.09. The Bertz CT molecular complexity index is 597. The van der Waals surface area contributed by atoms with Gasteiger partial charge in [0.2, 0.25) is 0 Å². The minimum Gasteiger partial charge on any atom is -0.380 e. The number of benzene rings is 1. The number of nitrogens with zero attached hydrogens (tertiary/aromatic N) is 2. The number of aryl methyl sites for hydroxylation is 1. The molecule has 116 valence electrons. The quantitative estimate of drug-likeness (QED) is 0.762. The van der Waals surface area contributed by atoms with Crippen LogP contribution in [0, 0.1) is 6.92 Å². The van der Waals surface area contributed by atoms with Gasteiger partial charge in [-0.3, -0.25) is 4.79 Å². The summed E-state index contributed by atoms with van der Waals surface area (Å²) < 4.78 is 5.04. The summed E-state index contributed by atoms with van der Waals surface area (Å²) in [5.74, 6) is 0.601. The molecule has 1 heterocycles. The highest BCUT2D eigenvalue weighted by atomic mass is 16.5. The summed E-state index contributed by atoms with van der Waals surface area (Å²) >= 11 is 0. The van der Waals surface area contributed by atoms with Crippen LogP contribution < -0.4 is 10.6 Å². The normalized spacial score (nSPS) is 10.3. The van der Waals surface area contributed by atoms with Gasteiger partial charge in [0.25, 0.3) is 5.91 Å². The van der Waals surface area contributed by atoms with Gasteiger partial charge in [-0.2, -0.15) is 5.10 Å². The zero-order valence-corrected chi connectivity index (χ0v) is 12.8. The van der Waals surface area contributed by atoms with Crippen molar-refractivity contribution in [3.8, 4) is 0 Å². The van der Waals surface area contributed by atoms with E-state index in [0.717, 1.165) is 11.3 Å². The molecule has 0 atom stereocenters. The van der Waals surface area contributed by atoms with Gasteiger partial charge >= 0.3 is 0 Å². The van der Waals surface area contributed by atoms with Crippen molar-refractivity contribution in [2.45, 2.75) is 13.5 Å². The number of hydrogen-bond donors (Lipinski definition) is 2. The van der Waals surface area contributed by atoms with Gasteiger partial charge in [0.1, 0.15) is 5.82 Å². The summed E-state index contributed by atoms with van der Waals surface area (Å²) in [5.41, 5.74) is 2.55. The van der Waals surface area contributed by atoms with Crippen LogP contribution in [0.25, 0.3) is 0 Å². The number of anilines is 1. The molecule has 2 N–H and O–H groups in total. The van der Waals surface area contributed by atoms with Crippen molar-refractivity contribution in [1.82, 2.24) is 15.5 Å². The Labute approximate surface area is 129 Å². The van der Waals surface area contributed by atoms with Crippen molar-refractivity contribution in [2.75, 3.05) is 25.5 Å². The number of hydrogen-bond acceptors (Lipinski definition) is 5. The second-order valence-corrected chi connectivity index (χ2v) is 4.87. The van der Waals surface area contributed by atoms with Crippen LogP contribution in [0.15, 0.2) is 36.4 Å². The van der Waals surface area contributed by atoms with Crippen LogP contribution in [-0.4, -0.2) is 36.3 Å². The molecule has 0 unspecified atom stereocenters. The Hall–Kier alpha value is -2.47. The van der Waals surface area contributed by atoms with E-state index in [0.29, 0.717) is 31.1 Å². The Morgan fingerprint density at radius 2 is 1.86 bits per heavy atom. The van der Waals surface area contributed by atoms with E-state index >= 15 is 0 Å². The Morgan fingerprint density at radius 3 is 2.50 bits per heavy atom. The van der Waals surface area contributed by atoms with Gasteiger partial charge in [-0.1, -0.05) is 12.1 Å². The van der Waals surface area contributed by atoms with Gasteiger partial charge in [-0.25, -0.2) is 0 Å². The van der Waals surface area contributed by atoms with Crippen LogP contribution in [0.5, 0.6) is 0 Å². The van der Waals surface area contributed by atoms with Crippen molar-refractivity contribution < 1.29 is 9.53 Å². The Balaban J connectivity index is 1.74. The van der Waals surface area contributed by atoms with Gasteiger partial charge in [-0.05, 0) is 36.8 Å². The molecule has 0 bridgehead atoms. The highest BCUT2D eigenvalue weighted by molar-refractivity contribution is 5.94. The topological polar surface area (TPSA) is 76.1 Å². The first kappa shape index (κ1) is 15.9. The fraction of sp³-hybridized carbons (Fsp3) is 0.312. The number of carbonyl (C=O) groups is 1. The maximum Gasteiger partial charge on any atom is 0.251 e. The zero-order valence-electron chi connectivity index (χ0n) is 12.8. The molecule has 1 aromatic carbocycles. The number of methoxy groups -OCH3 is 1. The predicted octanol–water partition coefficient (Wildman–Crippen LogP) is 1.77. The number of carbonyl (C=O) groups excluding carboxylic acids is 1. The van der Waals surface area contributed by atoms with E-state index in [1.807, 2.05) is 31.2 Å². The molecule has 0 aliphatic carbocycles. The van der Waals surface area contributed by atoms with Crippen LogP contribution in [0.4, 0.5) is 5.82 Å². The molecule has 1 aromatic heterocycles. The maximum absolute atomic E-state index is 12.0. The van der Waals surface area contributed by atoms with Crippen molar-refractivity contribution in [3.63, 3.8) is 0 Å². The van der Waals surface area contributed by atoms with E-state index in [2.05, 4.69) is 20.8 Å². The highest BCUT2D eigenvalue weighted by Gasteiger charge is 2.04. The molecule has 0 aliphatic heterocycles. The Morgan fingerprint density at radius 1 is 1.09 bits per heavy atom. The summed E-state index contributed by atoms with van der Waals surface area (Å²) in [5, 5.41) is 13.9. The lowest BCUT2D eigenvalue weighted by molar-refractivity contribution is 0.0955. The number of rotatable bonds is 7. The van der Waals surface area contributed by atoms with Gasteiger partial charge in [0, 0.05) is 25.8 Å². The van der Waals surface area contributed by atoms with Gasteiger partial charge in [0.05, 0.1) is 12.3 Å². The molecule has 0 radical (unpaired) electrons. The van der Waals surface area contributed by atoms with E-state index < -0.39 is 0 Å². The lowest BCUT2D eigenvalue weighted by atomic mass is 10.1. The van der Waals surface area contributed by atoms with E-state index in [4.69, 9.17) is 4.74 Å². The van der Waals surface area contributed by atoms with Crippen LogP contribution in [-0.2, 0) is 11.3 Å². The largest absolute Gasteiger partial charge is 0.380 e. The summed E-state index contributed by atoms with van der Waals surface area (Å²) in [7, 11) is 1.64. The van der Waals surface area contributed by atoms with Gasteiger partial charge in [-0.15, -0.1) is 5.10 Å². The maximum atomic E-state index is 12.0. The first-order chi connectivity index (χ1) is 10.7. The van der Waals surface area contributed by atoms with Crippen molar-refractivity contribution in [3.05, 3.63) is 53.2 Å². The molecule has 0 spiro atoms. The van der Waals surface area contributed by atoms with E-state index in [1.54, 1.807) is 19.2 Å². The molecule has 6 heteroatoms. The van der Waals surface area contributed by atoms with E-state index in [-0.39, 0.29) is 5.91 Å². The van der Waals surface area contributed by atoms with Crippen LogP contribution in [0.3, 0.4) is 0 Å². The van der Waals surface area contributed by atoms with Crippen LogP contribution >= 0.6 is 0 Å². The average molecular weight is 300 g/mol. The summed E-state index contributed by atoms with van der Waals surface area (Å²) in [6, 6.07) is 11.1. The third-order valence-electron chi connectivity index (χ3n) is 3.04. The lowest BCUT2D eigenvalue weighted by Crippen LogP contribution is -2.28. The molecule has 0 fully saturated rings. The molecular formula is C16H20N4O2. The van der Waals surface area contributed by atoms with Crippen molar-refractivity contribution in [1.29, 1.82) is 0 Å². The smallest absolute Gasteiger partial charge is 0.251 e. The minimum absolute atomic E-state index is 0.0965. The van der Waals surface area contributed by atoms with E-state index in [9.17, 15) is 4.79 Å². The fourth-order valence-electron chi connectivity index (χ4n) is 1.88. The number of aromatic nitrogens is 2. The molecular weight excluding hydrogens is 280 g/mol. The van der Waals surface area contributed by atoms with Gasteiger partial charge in [0.15, 0.2) is 0 Å². The molecule has 22 heavy (non-hydrogen) atoms. The number of ether oxygens (including phenoxy) is 1. The first-order valence-electron chi connectivity index (χ1n) is 7.09. The lowest BCUT2D eigenvalue weighted by Gasteiger charge is -2.07. The highest BCUT2D eigenvalue weighted by Crippen LogP contribution is 2.05. The molecule has 6 nitrogen and oxygen atoms in total. The van der Waals surface area contributed by atoms with Gasteiger partial charge < -0.3 is 15.4 Å². The third-order valence-corrected chi connectivity index (χ3v) is 3.04. The predicted molar refractivity (Wildman–Crippen MR) is 84.7 cm³/mol. The minimum atomic E-state index is -0.0965. The molecule has 0 aliphatic rings. The molecule has 1 amide bonds. The summed E-state index contributed by atoms with van der Waals surface area (Å²) in [4.78, 5) is 12.0. The zero-order chi connectivity index (χ0) is 15.8. The molecule has 2 aromatic rings. The van der Waals surface area contributed by atoms with Crippen LogP contribution in [0.1, 0.15) is 21.6 Å². The summed E-state index contributed by atoms with van der Waals surface area (Å²) in [6.07, 6.45) is 0. The van der Waals surface area contributed by atoms with Crippen molar-refractivity contribution in [2.24, 2.45) is 0 Å². The summed E-state index contributed by atoms with van der Waals surface area (Å²) in [6.45, 7) is 3.53.